The van der Waals surface area contributed by atoms with Crippen LogP contribution in [-0.2, 0) is 16.4 Å². The van der Waals surface area contributed by atoms with E-state index in [-0.39, 0.29) is 12.0 Å². The maximum absolute atomic E-state index is 13.2. The van der Waals surface area contributed by atoms with Crippen LogP contribution >= 0.6 is 0 Å². The molecule has 0 aromatic heterocycles. The molecular formula is C21H27NO3S. The quantitative estimate of drug-likeness (QED) is 0.840. The van der Waals surface area contributed by atoms with Gasteiger partial charge in [0.15, 0.2) is 0 Å². The van der Waals surface area contributed by atoms with Crippen LogP contribution in [0.15, 0.2) is 41.3 Å². The highest BCUT2D eigenvalue weighted by Crippen LogP contribution is 2.34. The van der Waals surface area contributed by atoms with E-state index in [1.807, 2.05) is 45.0 Å². The van der Waals surface area contributed by atoms with Gasteiger partial charge in [-0.1, -0.05) is 38.1 Å². The monoisotopic (exact) mass is 373 g/mol. The van der Waals surface area contributed by atoms with Gasteiger partial charge >= 0.3 is 0 Å². The van der Waals surface area contributed by atoms with E-state index in [2.05, 4.69) is 10.8 Å². The Balaban J connectivity index is 1.98. The van der Waals surface area contributed by atoms with Crippen molar-refractivity contribution in [1.82, 2.24) is 4.72 Å². The molecule has 3 rings (SSSR count). The second-order valence-corrected chi connectivity index (χ2v) is 8.96. The third-order valence-electron chi connectivity index (χ3n) is 5.11. The molecule has 1 atom stereocenters. The highest BCUT2D eigenvalue weighted by Gasteiger charge is 2.27. The number of ether oxygens (including phenoxy) is 1. The predicted molar refractivity (Wildman–Crippen MR) is 104 cm³/mol. The summed E-state index contributed by atoms with van der Waals surface area (Å²) in [5, 5.41) is 0. The van der Waals surface area contributed by atoms with Crippen LogP contribution in [0.4, 0.5) is 0 Å². The van der Waals surface area contributed by atoms with Crippen molar-refractivity contribution in [1.29, 1.82) is 0 Å². The molecule has 0 unspecified atom stereocenters. The van der Waals surface area contributed by atoms with E-state index in [9.17, 15) is 8.42 Å². The summed E-state index contributed by atoms with van der Waals surface area (Å²) in [6, 6.07) is 11.5. The number of hydrogen-bond donors (Lipinski definition) is 1. The predicted octanol–water partition coefficient (Wildman–Crippen LogP) is 4.48. The smallest absolute Gasteiger partial charge is 0.241 e. The van der Waals surface area contributed by atoms with Gasteiger partial charge < -0.3 is 4.74 Å². The topological polar surface area (TPSA) is 55.4 Å². The Morgan fingerprint density at radius 2 is 1.92 bits per heavy atom. The Bertz CT molecular complexity index is 903. The summed E-state index contributed by atoms with van der Waals surface area (Å²) < 4.78 is 34.7. The Hall–Kier alpha value is -1.85. The Morgan fingerprint density at radius 1 is 1.19 bits per heavy atom. The summed E-state index contributed by atoms with van der Waals surface area (Å²) in [4.78, 5) is 0.338. The molecule has 0 bridgehead atoms. The van der Waals surface area contributed by atoms with E-state index in [0.717, 1.165) is 36.1 Å². The van der Waals surface area contributed by atoms with E-state index in [1.54, 1.807) is 13.2 Å². The Labute approximate surface area is 156 Å². The molecule has 1 aliphatic rings. The molecule has 26 heavy (non-hydrogen) atoms. The van der Waals surface area contributed by atoms with Crippen LogP contribution in [0.3, 0.4) is 0 Å². The second kappa shape index (κ2) is 7.41. The van der Waals surface area contributed by atoms with Crippen molar-refractivity contribution in [2.24, 2.45) is 0 Å². The van der Waals surface area contributed by atoms with Gasteiger partial charge in [0.25, 0.3) is 0 Å². The highest BCUT2D eigenvalue weighted by molar-refractivity contribution is 7.89. The molecule has 1 N–H and O–H groups in total. The number of sulfonamides is 1. The molecular weight excluding hydrogens is 346 g/mol. The maximum Gasteiger partial charge on any atom is 0.241 e. The molecule has 2 aromatic carbocycles. The van der Waals surface area contributed by atoms with Crippen molar-refractivity contribution in [2.75, 3.05) is 7.11 Å². The largest absolute Gasteiger partial charge is 0.496 e. The minimum Gasteiger partial charge on any atom is -0.496 e. The zero-order valence-electron chi connectivity index (χ0n) is 15.9. The van der Waals surface area contributed by atoms with Crippen molar-refractivity contribution >= 4 is 10.0 Å². The summed E-state index contributed by atoms with van der Waals surface area (Å²) in [6.45, 7) is 5.89. The van der Waals surface area contributed by atoms with E-state index < -0.39 is 10.0 Å². The lowest BCUT2D eigenvalue weighted by Crippen LogP contribution is -2.31. The lowest BCUT2D eigenvalue weighted by atomic mass is 9.88. The first-order valence-corrected chi connectivity index (χ1v) is 10.6. The maximum atomic E-state index is 13.2. The van der Waals surface area contributed by atoms with Gasteiger partial charge in [-0.15, -0.1) is 0 Å². The molecule has 0 saturated carbocycles. The van der Waals surface area contributed by atoms with E-state index in [4.69, 9.17) is 4.74 Å². The van der Waals surface area contributed by atoms with Crippen molar-refractivity contribution in [3.63, 3.8) is 0 Å². The molecule has 0 spiro atoms. The number of nitrogens with one attached hydrogen (secondary N) is 1. The molecule has 0 fully saturated rings. The van der Waals surface area contributed by atoms with Gasteiger partial charge in [-0.25, -0.2) is 13.1 Å². The lowest BCUT2D eigenvalue weighted by molar-refractivity contribution is 0.406. The Morgan fingerprint density at radius 3 is 2.62 bits per heavy atom. The van der Waals surface area contributed by atoms with E-state index in [0.29, 0.717) is 10.5 Å². The standard InChI is InChI=1S/C21H27NO3S/c1-14(2)18-13-21(15(3)12-20(18)25-4)26(23,24)22-19-11-7-9-16-8-5-6-10-17(16)19/h5-6,8,10,12-14,19,22H,7,9,11H2,1-4H3/t19-/m0/s1. The van der Waals surface area contributed by atoms with Gasteiger partial charge in [0.05, 0.1) is 12.0 Å². The van der Waals surface area contributed by atoms with Crippen molar-refractivity contribution in [2.45, 2.75) is 56.9 Å². The van der Waals surface area contributed by atoms with Gasteiger partial charge in [0.1, 0.15) is 5.75 Å². The van der Waals surface area contributed by atoms with Crippen LogP contribution in [0.2, 0.25) is 0 Å². The fourth-order valence-electron chi connectivity index (χ4n) is 3.72. The molecule has 140 valence electrons. The van der Waals surface area contributed by atoms with Crippen molar-refractivity contribution in [3.05, 3.63) is 58.7 Å². The number of aryl methyl sites for hydroxylation is 2. The SMILES string of the molecule is COc1cc(C)c(S(=O)(=O)N[C@H]2CCCc3ccccc32)cc1C(C)C. The van der Waals surface area contributed by atoms with Gasteiger partial charge in [-0.05, 0) is 66.5 Å². The van der Waals surface area contributed by atoms with Gasteiger partial charge in [-0.3, -0.25) is 0 Å². The third-order valence-corrected chi connectivity index (χ3v) is 6.72. The molecule has 0 aliphatic heterocycles. The average Bonchev–Trinajstić information content (AvgIpc) is 2.61. The lowest BCUT2D eigenvalue weighted by Gasteiger charge is -2.26. The normalized spacial score (nSPS) is 17.2. The minimum absolute atomic E-state index is 0.172. The number of hydrogen-bond acceptors (Lipinski definition) is 3. The molecule has 0 radical (unpaired) electrons. The molecule has 2 aromatic rings. The van der Waals surface area contributed by atoms with Gasteiger partial charge in [0, 0.05) is 6.04 Å². The summed E-state index contributed by atoms with van der Waals surface area (Å²) in [7, 11) is -2.00. The highest BCUT2D eigenvalue weighted by atomic mass is 32.2. The first kappa shape index (κ1) is 18.9. The van der Waals surface area contributed by atoms with Crippen molar-refractivity contribution in [3.8, 4) is 5.75 Å². The van der Waals surface area contributed by atoms with E-state index >= 15 is 0 Å². The van der Waals surface area contributed by atoms with Crippen LogP contribution in [0.1, 0.15) is 60.9 Å². The van der Waals surface area contributed by atoms with Crippen LogP contribution in [0.25, 0.3) is 0 Å². The van der Waals surface area contributed by atoms with Crippen LogP contribution in [0.5, 0.6) is 5.75 Å². The number of fused-ring (bicyclic) bond motifs is 1. The second-order valence-electron chi connectivity index (χ2n) is 7.28. The van der Waals surface area contributed by atoms with Crippen LogP contribution in [-0.4, -0.2) is 15.5 Å². The third kappa shape index (κ3) is 3.64. The summed E-state index contributed by atoms with van der Waals surface area (Å²) in [5.41, 5.74) is 3.93. The Kier molecular flexibility index (Phi) is 5.39. The zero-order chi connectivity index (χ0) is 18.9. The first-order chi connectivity index (χ1) is 12.3. The van der Waals surface area contributed by atoms with Crippen LogP contribution < -0.4 is 9.46 Å². The molecule has 0 heterocycles. The van der Waals surface area contributed by atoms with Crippen molar-refractivity contribution < 1.29 is 13.2 Å². The summed E-state index contributed by atoms with van der Waals surface area (Å²) >= 11 is 0. The summed E-state index contributed by atoms with van der Waals surface area (Å²) in [6.07, 6.45) is 2.82. The zero-order valence-corrected chi connectivity index (χ0v) is 16.7. The first-order valence-electron chi connectivity index (χ1n) is 9.12. The molecule has 1 aliphatic carbocycles. The number of methoxy groups -OCH3 is 1. The fraction of sp³-hybridized carbons (Fsp3) is 0.429. The van der Waals surface area contributed by atoms with Crippen LogP contribution in [0, 0.1) is 6.92 Å². The molecule has 0 amide bonds. The number of benzene rings is 2. The minimum atomic E-state index is -3.62. The fourth-order valence-corrected chi connectivity index (χ4v) is 5.23. The molecule has 5 heteroatoms. The summed E-state index contributed by atoms with van der Waals surface area (Å²) in [5.74, 6) is 0.911. The number of rotatable bonds is 5. The van der Waals surface area contributed by atoms with E-state index in [1.165, 1.54) is 5.56 Å². The molecule has 4 nitrogen and oxygen atoms in total. The van der Waals surface area contributed by atoms with Gasteiger partial charge in [0.2, 0.25) is 10.0 Å². The molecule has 0 saturated heterocycles. The average molecular weight is 374 g/mol. The van der Waals surface area contributed by atoms with Gasteiger partial charge in [-0.2, -0.15) is 0 Å².